The number of ether oxygens (including phenoxy) is 2. The highest BCUT2D eigenvalue weighted by Crippen LogP contribution is 2.24. The minimum atomic E-state index is -0.488. The van der Waals surface area contributed by atoms with Crippen LogP contribution in [0.4, 0.5) is 0 Å². The first-order valence-electron chi connectivity index (χ1n) is 4.99. The zero-order valence-corrected chi connectivity index (χ0v) is 10.6. The number of phenols is 1. The maximum absolute atomic E-state index is 11.5. The van der Waals surface area contributed by atoms with E-state index in [0.29, 0.717) is 10.0 Å². The largest absolute Gasteiger partial charge is 0.507 e. The number of aromatic hydroxyl groups is 1. The highest BCUT2D eigenvalue weighted by Gasteiger charge is 2.09. The molecule has 5 nitrogen and oxygen atoms in total. The molecule has 0 bridgehead atoms. The van der Waals surface area contributed by atoms with Crippen molar-refractivity contribution < 1.29 is 24.5 Å². The molecule has 0 aliphatic heterocycles. The smallest absolute Gasteiger partial charge is 0.338 e. The van der Waals surface area contributed by atoms with E-state index in [1.54, 1.807) is 0 Å². The molecule has 0 radical (unpaired) electrons. The second kappa shape index (κ2) is 7.26. The molecule has 1 rings (SSSR count). The molecule has 0 spiro atoms. The number of carbonyl (C=O) groups excluding carboxylic acids is 1. The van der Waals surface area contributed by atoms with Crippen molar-refractivity contribution in [2.45, 2.75) is 0 Å². The summed E-state index contributed by atoms with van der Waals surface area (Å²) in [6, 6.07) is 4.35. The predicted molar refractivity (Wildman–Crippen MR) is 64.0 cm³/mol. The summed E-state index contributed by atoms with van der Waals surface area (Å²) in [5.74, 6) is -0.425. The molecule has 17 heavy (non-hydrogen) atoms. The fourth-order valence-electron chi connectivity index (χ4n) is 1.08. The number of carbonyl (C=O) groups is 1. The Kier molecular flexibility index (Phi) is 5.96. The van der Waals surface area contributed by atoms with Gasteiger partial charge in [-0.25, -0.2) is 4.79 Å². The molecule has 0 saturated heterocycles. The summed E-state index contributed by atoms with van der Waals surface area (Å²) in [5.41, 5.74) is 0.344. The molecule has 0 saturated carbocycles. The molecule has 6 heteroatoms. The summed E-state index contributed by atoms with van der Waals surface area (Å²) in [6.07, 6.45) is 0. The van der Waals surface area contributed by atoms with E-state index >= 15 is 0 Å². The van der Waals surface area contributed by atoms with Gasteiger partial charge in [-0.05, 0) is 34.1 Å². The van der Waals surface area contributed by atoms with Crippen LogP contribution in [0.5, 0.6) is 5.75 Å². The number of aliphatic hydroxyl groups excluding tert-OH is 1. The van der Waals surface area contributed by atoms with E-state index < -0.39 is 5.97 Å². The molecular weight excluding hydrogens is 292 g/mol. The monoisotopic (exact) mass is 304 g/mol. The van der Waals surface area contributed by atoms with E-state index in [1.807, 2.05) is 0 Å². The molecule has 0 amide bonds. The van der Waals surface area contributed by atoms with Gasteiger partial charge in [0.2, 0.25) is 0 Å². The first-order chi connectivity index (χ1) is 8.15. The Morgan fingerprint density at radius 3 is 2.71 bits per heavy atom. The molecule has 0 fully saturated rings. The molecule has 94 valence electrons. The molecule has 0 atom stereocenters. The van der Waals surface area contributed by atoms with Crippen molar-refractivity contribution in [3.8, 4) is 5.75 Å². The lowest BCUT2D eigenvalue weighted by Gasteiger charge is -2.06. The standard InChI is InChI=1S/C11H13BrO5/c12-9-7-8(1-2-10(9)14)11(15)17-6-5-16-4-3-13/h1-2,7,13-14H,3-6H2. The van der Waals surface area contributed by atoms with Gasteiger partial charge in [0.15, 0.2) is 0 Å². The molecule has 1 aromatic rings. The zero-order valence-electron chi connectivity index (χ0n) is 9.06. The number of hydrogen-bond donors (Lipinski definition) is 2. The maximum atomic E-state index is 11.5. The van der Waals surface area contributed by atoms with Gasteiger partial charge in [0, 0.05) is 0 Å². The molecule has 0 aromatic heterocycles. The van der Waals surface area contributed by atoms with E-state index in [4.69, 9.17) is 14.6 Å². The van der Waals surface area contributed by atoms with Crippen molar-refractivity contribution in [3.05, 3.63) is 28.2 Å². The van der Waals surface area contributed by atoms with Gasteiger partial charge in [0.05, 0.1) is 29.9 Å². The van der Waals surface area contributed by atoms with Crippen molar-refractivity contribution >= 4 is 21.9 Å². The average Bonchev–Trinajstić information content (AvgIpc) is 2.32. The van der Waals surface area contributed by atoms with E-state index in [0.717, 1.165) is 0 Å². The number of rotatable bonds is 6. The second-order valence-electron chi connectivity index (χ2n) is 3.14. The lowest BCUT2D eigenvalue weighted by atomic mass is 10.2. The van der Waals surface area contributed by atoms with Crippen molar-refractivity contribution in [1.29, 1.82) is 0 Å². The molecule has 0 aliphatic carbocycles. The fourth-order valence-corrected chi connectivity index (χ4v) is 1.46. The van der Waals surface area contributed by atoms with Gasteiger partial charge in [0.25, 0.3) is 0 Å². The highest BCUT2D eigenvalue weighted by molar-refractivity contribution is 9.10. The SMILES string of the molecule is O=C(OCCOCCO)c1ccc(O)c(Br)c1. The van der Waals surface area contributed by atoms with Gasteiger partial charge in [-0.1, -0.05) is 0 Å². The summed E-state index contributed by atoms with van der Waals surface area (Å²) in [7, 11) is 0. The van der Waals surface area contributed by atoms with Crippen LogP contribution in [0.15, 0.2) is 22.7 Å². The predicted octanol–water partition coefficient (Wildman–Crippen LogP) is 1.32. The van der Waals surface area contributed by atoms with Gasteiger partial charge in [0.1, 0.15) is 12.4 Å². The Hall–Kier alpha value is -1.11. The van der Waals surface area contributed by atoms with Gasteiger partial charge >= 0.3 is 5.97 Å². The van der Waals surface area contributed by atoms with Crippen LogP contribution in [0.1, 0.15) is 10.4 Å². The Morgan fingerprint density at radius 2 is 2.06 bits per heavy atom. The number of halogens is 1. The summed E-state index contributed by atoms with van der Waals surface area (Å²) in [5, 5.41) is 17.7. The zero-order chi connectivity index (χ0) is 12.7. The first-order valence-corrected chi connectivity index (χ1v) is 5.78. The van der Waals surface area contributed by atoms with Crippen LogP contribution >= 0.6 is 15.9 Å². The van der Waals surface area contributed by atoms with Crippen molar-refractivity contribution in [2.75, 3.05) is 26.4 Å². The van der Waals surface area contributed by atoms with Crippen LogP contribution in [0.3, 0.4) is 0 Å². The minimum Gasteiger partial charge on any atom is -0.507 e. The van der Waals surface area contributed by atoms with E-state index in [-0.39, 0.29) is 32.2 Å². The fraction of sp³-hybridized carbons (Fsp3) is 0.364. The first kappa shape index (κ1) is 14.0. The number of benzene rings is 1. The molecule has 0 heterocycles. The van der Waals surface area contributed by atoms with Crippen molar-refractivity contribution in [1.82, 2.24) is 0 Å². The number of phenolic OH excluding ortho intramolecular Hbond substituents is 1. The third kappa shape index (κ3) is 4.72. The normalized spacial score (nSPS) is 10.2. The summed E-state index contributed by atoms with van der Waals surface area (Å²) in [4.78, 5) is 11.5. The quantitative estimate of drug-likeness (QED) is 0.612. The van der Waals surface area contributed by atoms with Gasteiger partial charge in [-0.3, -0.25) is 0 Å². The molecule has 0 unspecified atom stereocenters. The van der Waals surface area contributed by atoms with Gasteiger partial charge in [-0.15, -0.1) is 0 Å². The maximum Gasteiger partial charge on any atom is 0.338 e. The van der Waals surface area contributed by atoms with Crippen LogP contribution in [0, 0.1) is 0 Å². The van der Waals surface area contributed by atoms with E-state index in [9.17, 15) is 9.90 Å². The summed E-state index contributed by atoms with van der Waals surface area (Å²) in [6.45, 7) is 0.532. The van der Waals surface area contributed by atoms with Crippen molar-refractivity contribution in [3.63, 3.8) is 0 Å². The molecule has 1 aromatic carbocycles. The average molecular weight is 305 g/mol. The highest BCUT2D eigenvalue weighted by atomic mass is 79.9. The third-order valence-electron chi connectivity index (χ3n) is 1.88. The Morgan fingerprint density at radius 1 is 1.29 bits per heavy atom. The summed E-state index contributed by atoms with van der Waals surface area (Å²) >= 11 is 3.11. The molecule has 2 N–H and O–H groups in total. The second-order valence-corrected chi connectivity index (χ2v) is 3.99. The van der Waals surface area contributed by atoms with E-state index in [1.165, 1.54) is 18.2 Å². The summed E-state index contributed by atoms with van der Waals surface area (Å²) < 4.78 is 10.3. The van der Waals surface area contributed by atoms with Crippen LogP contribution in [0.2, 0.25) is 0 Å². The van der Waals surface area contributed by atoms with Crippen LogP contribution in [-0.4, -0.2) is 42.6 Å². The Balaban J connectivity index is 2.39. The Bertz CT molecular complexity index is 380. The number of hydrogen-bond acceptors (Lipinski definition) is 5. The topological polar surface area (TPSA) is 76.0 Å². The third-order valence-corrected chi connectivity index (χ3v) is 2.51. The lowest BCUT2D eigenvalue weighted by molar-refractivity contribution is 0.0258. The van der Waals surface area contributed by atoms with E-state index in [2.05, 4.69) is 15.9 Å². The van der Waals surface area contributed by atoms with Crippen molar-refractivity contribution in [2.24, 2.45) is 0 Å². The van der Waals surface area contributed by atoms with Crippen LogP contribution in [0.25, 0.3) is 0 Å². The molecule has 0 aliphatic rings. The minimum absolute atomic E-state index is 0.0567. The van der Waals surface area contributed by atoms with Gasteiger partial charge in [-0.2, -0.15) is 0 Å². The number of aliphatic hydroxyl groups is 1. The number of esters is 1. The Labute approximate surface area is 107 Å². The molecular formula is C11H13BrO5. The lowest BCUT2D eigenvalue weighted by Crippen LogP contribution is -2.12. The van der Waals surface area contributed by atoms with Crippen LogP contribution in [-0.2, 0) is 9.47 Å². The van der Waals surface area contributed by atoms with Crippen LogP contribution < -0.4 is 0 Å². The van der Waals surface area contributed by atoms with Gasteiger partial charge < -0.3 is 19.7 Å².